The summed E-state index contributed by atoms with van der Waals surface area (Å²) >= 11 is 3.81. The van der Waals surface area contributed by atoms with E-state index in [4.69, 9.17) is 0 Å². The van der Waals surface area contributed by atoms with E-state index in [0.29, 0.717) is 0 Å². The zero-order valence-corrected chi connectivity index (χ0v) is 16.8. The fourth-order valence-electron chi connectivity index (χ4n) is 3.42. The zero-order chi connectivity index (χ0) is 17.2. The molecule has 0 saturated heterocycles. The average Bonchev–Trinajstić information content (AvgIpc) is 2.60. The van der Waals surface area contributed by atoms with E-state index < -0.39 is 7.14 Å². The summed E-state index contributed by atoms with van der Waals surface area (Å²) in [5.74, 6) is 2.28. The summed E-state index contributed by atoms with van der Waals surface area (Å²) in [6, 6.07) is 26.4. The molecule has 0 amide bonds. The molecule has 3 heteroatoms. The zero-order valence-electron chi connectivity index (χ0n) is 14.3. The van der Waals surface area contributed by atoms with Crippen LogP contribution >= 0.6 is 22.9 Å². The lowest BCUT2D eigenvalue weighted by atomic mass is 10.2. The molecule has 0 aromatic heterocycles. The van der Waals surface area contributed by atoms with Crippen LogP contribution in [0.4, 0.5) is 0 Å². The lowest BCUT2D eigenvalue weighted by Crippen LogP contribution is -2.37. The van der Waals surface area contributed by atoms with Crippen molar-refractivity contribution in [3.8, 4) is 0 Å². The first-order valence-corrected chi connectivity index (χ1v) is 10.9. The van der Waals surface area contributed by atoms with Gasteiger partial charge in [0.15, 0.2) is 0 Å². The lowest BCUT2D eigenvalue weighted by molar-refractivity contribution is 1.49. The van der Waals surface area contributed by atoms with Crippen molar-refractivity contribution in [2.45, 2.75) is 20.8 Å². The van der Waals surface area contributed by atoms with Crippen LogP contribution < -0.4 is 15.9 Å². The first-order valence-electron chi connectivity index (χ1n) is 8.13. The number of halogens is 1. The molecular weight excluding hydrogens is 374 g/mol. The van der Waals surface area contributed by atoms with Gasteiger partial charge in [-0.3, -0.25) is 0 Å². The highest BCUT2D eigenvalue weighted by atomic mass is 79.9. The largest absolute Gasteiger partial charge is 0.379 e. The number of benzene rings is 3. The van der Waals surface area contributed by atoms with Crippen LogP contribution in [0.1, 0.15) is 16.7 Å². The smallest absolute Gasteiger partial charge is 0.0584 e. The maximum absolute atomic E-state index is 3.81. The maximum atomic E-state index is 3.81. The van der Waals surface area contributed by atoms with Crippen LogP contribution in [0.5, 0.6) is 0 Å². The molecule has 2 radical (unpaired) electrons. The Morgan fingerprint density at radius 1 is 0.583 bits per heavy atom. The number of rotatable bonds is 4. The minimum atomic E-state index is -1.86. The minimum absolute atomic E-state index is 1.34. The van der Waals surface area contributed by atoms with Crippen LogP contribution in [0, 0.1) is 20.8 Å². The highest BCUT2D eigenvalue weighted by Gasteiger charge is 2.36. The van der Waals surface area contributed by atoms with Gasteiger partial charge < -0.3 is 15.8 Å². The number of aryl methyl sites for hydroxylation is 3. The molecule has 0 unspecified atom stereocenters. The average molecular weight is 395 g/mol. The highest BCUT2D eigenvalue weighted by Crippen LogP contribution is 2.56. The Morgan fingerprint density at radius 3 is 1.12 bits per heavy atom. The van der Waals surface area contributed by atoms with Crippen molar-refractivity contribution in [1.82, 2.24) is 0 Å². The van der Waals surface area contributed by atoms with Gasteiger partial charge in [0.1, 0.15) is 0 Å². The first kappa shape index (κ1) is 17.5. The second-order valence-corrected chi connectivity index (χ2v) is 10.5. The fraction of sp³-hybridized carbons (Fsp3) is 0.143. The van der Waals surface area contributed by atoms with Gasteiger partial charge in [-0.15, -0.1) is 0 Å². The van der Waals surface area contributed by atoms with Gasteiger partial charge in [-0.2, -0.15) is 0 Å². The van der Waals surface area contributed by atoms with E-state index in [1.807, 2.05) is 0 Å². The van der Waals surface area contributed by atoms with Crippen molar-refractivity contribution in [2.24, 2.45) is 0 Å². The Bertz CT molecular complexity index is 749. The third-order valence-corrected chi connectivity index (χ3v) is 10.6. The molecule has 3 aromatic carbocycles. The molecular formula is C21H21BBrP. The molecule has 0 aliphatic heterocycles. The van der Waals surface area contributed by atoms with Crippen molar-refractivity contribution in [1.29, 1.82) is 0 Å². The van der Waals surface area contributed by atoms with E-state index in [9.17, 15) is 0 Å². The molecule has 0 saturated carbocycles. The van der Waals surface area contributed by atoms with E-state index in [2.05, 4.69) is 115 Å². The van der Waals surface area contributed by atoms with Crippen molar-refractivity contribution in [2.75, 3.05) is 0 Å². The number of hydrogen-bond donors (Lipinski definition) is 0. The normalized spacial score (nSPS) is 11.5. The van der Waals surface area contributed by atoms with Gasteiger partial charge in [0.2, 0.25) is 0 Å². The third-order valence-electron chi connectivity index (χ3n) is 4.63. The molecule has 3 aromatic rings. The second-order valence-electron chi connectivity index (χ2n) is 6.18. The molecule has 0 N–H and O–H groups in total. The molecule has 0 fully saturated rings. The third kappa shape index (κ3) is 2.87. The second kappa shape index (κ2) is 7.25. The summed E-state index contributed by atoms with van der Waals surface area (Å²) < 4.78 is 0. The molecule has 0 spiro atoms. The summed E-state index contributed by atoms with van der Waals surface area (Å²) in [5.41, 5.74) is 4.02. The van der Waals surface area contributed by atoms with Crippen molar-refractivity contribution in [3.05, 3.63) is 89.5 Å². The van der Waals surface area contributed by atoms with Crippen molar-refractivity contribution in [3.63, 3.8) is 0 Å². The standard InChI is InChI=1S/C21H21BBrP/c1-16-10-4-7-13-19(16)24(22-23,20-14-8-5-11-17(20)2)21-15-9-6-12-18(21)3/h4-15H,1-3H3. The minimum Gasteiger partial charge on any atom is -0.379 e. The Kier molecular flexibility index (Phi) is 5.28. The van der Waals surface area contributed by atoms with Crippen LogP contribution in [-0.4, -0.2) is 5.82 Å². The quantitative estimate of drug-likeness (QED) is 0.439. The van der Waals surface area contributed by atoms with Gasteiger partial charge >= 0.3 is 0 Å². The Hall–Kier alpha value is -1.37. The monoisotopic (exact) mass is 394 g/mol. The Morgan fingerprint density at radius 2 is 0.875 bits per heavy atom. The van der Waals surface area contributed by atoms with Crippen LogP contribution in [0.25, 0.3) is 0 Å². The molecule has 0 bridgehead atoms. The highest BCUT2D eigenvalue weighted by molar-refractivity contribution is 9.27. The van der Waals surface area contributed by atoms with Gasteiger partial charge in [-0.1, -0.05) is 61.7 Å². The van der Waals surface area contributed by atoms with Crippen molar-refractivity contribution >= 4 is 44.6 Å². The summed E-state index contributed by atoms with van der Waals surface area (Å²) in [6.07, 6.45) is 0. The molecule has 120 valence electrons. The van der Waals surface area contributed by atoms with E-state index in [-0.39, 0.29) is 0 Å². The van der Waals surface area contributed by atoms with Gasteiger partial charge in [0, 0.05) is 5.82 Å². The van der Waals surface area contributed by atoms with Gasteiger partial charge in [-0.05, 0) is 55.7 Å². The van der Waals surface area contributed by atoms with Crippen LogP contribution in [0.2, 0.25) is 0 Å². The molecule has 0 atom stereocenters. The molecule has 0 aliphatic rings. The van der Waals surface area contributed by atoms with Crippen LogP contribution in [0.3, 0.4) is 0 Å². The summed E-state index contributed by atoms with van der Waals surface area (Å²) in [6.45, 7) is 6.66. The maximum Gasteiger partial charge on any atom is 0.0584 e. The van der Waals surface area contributed by atoms with E-state index in [1.165, 1.54) is 32.6 Å². The lowest BCUT2D eigenvalue weighted by Gasteiger charge is -2.39. The molecule has 0 nitrogen and oxygen atoms in total. The molecule has 0 aliphatic carbocycles. The topological polar surface area (TPSA) is 0 Å². The van der Waals surface area contributed by atoms with Crippen molar-refractivity contribution < 1.29 is 0 Å². The van der Waals surface area contributed by atoms with E-state index >= 15 is 0 Å². The van der Waals surface area contributed by atoms with Gasteiger partial charge in [-0.25, -0.2) is 0 Å². The fourth-order valence-corrected chi connectivity index (χ4v) is 9.36. The predicted octanol–water partition coefficient (Wildman–Crippen LogP) is 4.83. The SMILES string of the molecule is Cc1ccccc1[P+]([B-]Br)(c1ccccc1C)c1ccccc1C. The van der Waals surface area contributed by atoms with Crippen LogP contribution in [0.15, 0.2) is 72.8 Å². The summed E-state index contributed by atoms with van der Waals surface area (Å²) in [5, 5.41) is 4.27. The molecule has 3 rings (SSSR count). The summed E-state index contributed by atoms with van der Waals surface area (Å²) in [7, 11) is -1.86. The molecule has 0 heterocycles. The first-order chi connectivity index (χ1) is 11.6. The Labute approximate surface area is 154 Å². The molecule has 24 heavy (non-hydrogen) atoms. The van der Waals surface area contributed by atoms with Gasteiger partial charge in [0.05, 0.1) is 15.9 Å². The number of hydrogen-bond acceptors (Lipinski definition) is 0. The van der Waals surface area contributed by atoms with Gasteiger partial charge in [0.25, 0.3) is 0 Å². The van der Waals surface area contributed by atoms with E-state index in [1.54, 1.807) is 0 Å². The summed E-state index contributed by atoms with van der Waals surface area (Å²) in [4.78, 5) is 0. The van der Waals surface area contributed by atoms with E-state index in [0.717, 1.165) is 0 Å². The predicted molar refractivity (Wildman–Crippen MR) is 114 cm³/mol. The Balaban J connectivity index is 2.43. The van der Waals surface area contributed by atoms with Crippen LogP contribution in [-0.2, 0) is 0 Å².